The third-order valence-corrected chi connectivity index (χ3v) is 2.23. The van der Waals surface area contributed by atoms with Gasteiger partial charge in [0.25, 0.3) is 0 Å². The fourth-order valence-corrected chi connectivity index (χ4v) is 1.42. The number of hydrogen-bond donors (Lipinski definition) is 2. The van der Waals surface area contributed by atoms with Crippen molar-refractivity contribution in [3.05, 3.63) is 23.4 Å². The SMILES string of the molecule is Nc1cc(CO)c(C2CC2)cn1. The Morgan fingerprint density at radius 1 is 1.58 bits per heavy atom. The predicted molar refractivity (Wildman–Crippen MR) is 46.5 cm³/mol. The second-order valence-electron chi connectivity index (χ2n) is 3.24. The zero-order valence-corrected chi connectivity index (χ0v) is 6.83. The summed E-state index contributed by atoms with van der Waals surface area (Å²) in [5.74, 6) is 1.11. The average molecular weight is 164 g/mol. The zero-order chi connectivity index (χ0) is 8.55. The molecule has 0 saturated heterocycles. The van der Waals surface area contributed by atoms with Gasteiger partial charge in [0.1, 0.15) is 5.82 Å². The third kappa shape index (κ3) is 1.28. The lowest BCUT2D eigenvalue weighted by Gasteiger charge is -2.05. The van der Waals surface area contributed by atoms with E-state index >= 15 is 0 Å². The summed E-state index contributed by atoms with van der Waals surface area (Å²) in [4.78, 5) is 4.02. The lowest BCUT2D eigenvalue weighted by Crippen LogP contribution is -1.97. The van der Waals surface area contributed by atoms with Crippen molar-refractivity contribution in [2.75, 3.05) is 5.73 Å². The Labute approximate surface area is 71.2 Å². The monoisotopic (exact) mass is 164 g/mol. The second kappa shape index (κ2) is 2.75. The Balaban J connectivity index is 2.38. The minimum Gasteiger partial charge on any atom is -0.392 e. The fourth-order valence-electron chi connectivity index (χ4n) is 1.42. The van der Waals surface area contributed by atoms with E-state index in [1.54, 1.807) is 12.3 Å². The highest BCUT2D eigenvalue weighted by atomic mass is 16.3. The molecule has 1 aliphatic rings. The van der Waals surface area contributed by atoms with Crippen molar-refractivity contribution in [2.45, 2.75) is 25.4 Å². The lowest BCUT2D eigenvalue weighted by molar-refractivity contribution is 0.280. The van der Waals surface area contributed by atoms with Crippen LogP contribution in [0.4, 0.5) is 5.82 Å². The number of hydrogen-bond acceptors (Lipinski definition) is 3. The first kappa shape index (κ1) is 7.55. The van der Waals surface area contributed by atoms with E-state index < -0.39 is 0 Å². The van der Waals surface area contributed by atoms with E-state index in [0.29, 0.717) is 11.7 Å². The molecular formula is C9H12N2O. The molecule has 1 aliphatic carbocycles. The zero-order valence-electron chi connectivity index (χ0n) is 6.83. The van der Waals surface area contributed by atoms with Crippen LogP contribution in [0.2, 0.25) is 0 Å². The van der Waals surface area contributed by atoms with Crippen LogP contribution < -0.4 is 5.73 Å². The fraction of sp³-hybridized carbons (Fsp3) is 0.444. The molecule has 0 spiro atoms. The Morgan fingerprint density at radius 2 is 2.33 bits per heavy atom. The molecule has 0 atom stereocenters. The molecule has 2 rings (SSSR count). The van der Waals surface area contributed by atoms with Crippen molar-refractivity contribution < 1.29 is 5.11 Å². The highest BCUT2D eigenvalue weighted by Gasteiger charge is 2.26. The number of nitrogen functional groups attached to an aromatic ring is 1. The molecule has 0 unspecified atom stereocenters. The van der Waals surface area contributed by atoms with Gasteiger partial charge in [0, 0.05) is 6.20 Å². The van der Waals surface area contributed by atoms with Crippen LogP contribution in [-0.2, 0) is 6.61 Å². The van der Waals surface area contributed by atoms with Crippen LogP contribution in [0.3, 0.4) is 0 Å². The van der Waals surface area contributed by atoms with Crippen molar-refractivity contribution in [2.24, 2.45) is 0 Å². The number of aromatic nitrogens is 1. The summed E-state index contributed by atoms with van der Waals surface area (Å²) in [6.07, 6.45) is 4.23. The molecule has 1 saturated carbocycles. The molecule has 3 nitrogen and oxygen atoms in total. The van der Waals surface area contributed by atoms with Gasteiger partial charge in [-0.1, -0.05) is 0 Å². The molecule has 0 aromatic carbocycles. The number of rotatable bonds is 2. The summed E-state index contributed by atoms with van der Waals surface area (Å²) in [7, 11) is 0. The van der Waals surface area contributed by atoms with Crippen LogP contribution in [0.25, 0.3) is 0 Å². The molecule has 1 aromatic heterocycles. The topological polar surface area (TPSA) is 59.1 Å². The van der Waals surface area contributed by atoms with E-state index in [0.717, 1.165) is 5.56 Å². The number of anilines is 1. The molecule has 3 heteroatoms. The number of nitrogens with two attached hydrogens (primary N) is 1. The molecule has 64 valence electrons. The van der Waals surface area contributed by atoms with Gasteiger partial charge in [0.2, 0.25) is 0 Å². The molecule has 0 amide bonds. The summed E-state index contributed by atoms with van der Waals surface area (Å²) >= 11 is 0. The van der Waals surface area contributed by atoms with Crippen LogP contribution in [0.1, 0.15) is 29.9 Å². The summed E-state index contributed by atoms with van der Waals surface area (Å²) < 4.78 is 0. The largest absolute Gasteiger partial charge is 0.392 e. The molecule has 0 radical (unpaired) electrons. The molecule has 12 heavy (non-hydrogen) atoms. The lowest BCUT2D eigenvalue weighted by atomic mass is 10.1. The van der Waals surface area contributed by atoms with Gasteiger partial charge in [0.15, 0.2) is 0 Å². The molecule has 3 N–H and O–H groups in total. The van der Waals surface area contributed by atoms with E-state index in [-0.39, 0.29) is 6.61 Å². The molecule has 0 aliphatic heterocycles. The normalized spacial score (nSPS) is 16.4. The van der Waals surface area contributed by atoms with Crippen LogP contribution >= 0.6 is 0 Å². The number of aliphatic hydroxyl groups excluding tert-OH is 1. The van der Waals surface area contributed by atoms with E-state index in [4.69, 9.17) is 10.8 Å². The maximum Gasteiger partial charge on any atom is 0.123 e. The van der Waals surface area contributed by atoms with Gasteiger partial charge in [0.05, 0.1) is 6.61 Å². The second-order valence-corrected chi connectivity index (χ2v) is 3.24. The minimum absolute atomic E-state index is 0.0680. The Kier molecular flexibility index (Phi) is 1.73. The van der Waals surface area contributed by atoms with Gasteiger partial charge in [-0.3, -0.25) is 0 Å². The standard InChI is InChI=1S/C9H12N2O/c10-9-3-7(5-12)8(4-11-9)6-1-2-6/h3-4,6,12H,1-2,5H2,(H2,10,11). The minimum atomic E-state index is 0.0680. The molecular weight excluding hydrogens is 152 g/mol. The summed E-state index contributed by atoms with van der Waals surface area (Å²) in [6.45, 7) is 0.0680. The Hall–Kier alpha value is -1.09. The smallest absolute Gasteiger partial charge is 0.123 e. The first-order valence-electron chi connectivity index (χ1n) is 4.16. The third-order valence-electron chi connectivity index (χ3n) is 2.23. The van der Waals surface area contributed by atoms with E-state index in [9.17, 15) is 0 Å². The van der Waals surface area contributed by atoms with Crippen molar-refractivity contribution in [1.29, 1.82) is 0 Å². The quantitative estimate of drug-likeness (QED) is 0.686. The number of pyridine rings is 1. The maximum atomic E-state index is 9.04. The summed E-state index contributed by atoms with van der Waals surface area (Å²) in [5, 5.41) is 9.04. The Bertz CT molecular complexity index is 295. The van der Waals surface area contributed by atoms with Crippen LogP contribution in [0, 0.1) is 0 Å². The molecule has 1 fully saturated rings. The van der Waals surface area contributed by atoms with Crippen molar-refractivity contribution in [1.82, 2.24) is 4.98 Å². The Morgan fingerprint density at radius 3 is 2.92 bits per heavy atom. The first-order chi connectivity index (χ1) is 5.81. The van der Waals surface area contributed by atoms with Gasteiger partial charge in [-0.05, 0) is 36.0 Å². The number of nitrogens with zero attached hydrogens (tertiary/aromatic N) is 1. The van der Waals surface area contributed by atoms with Crippen LogP contribution in [0.15, 0.2) is 12.3 Å². The maximum absolute atomic E-state index is 9.04. The van der Waals surface area contributed by atoms with Gasteiger partial charge in [-0.15, -0.1) is 0 Å². The molecule has 0 bridgehead atoms. The highest BCUT2D eigenvalue weighted by molar-refractivity contribution is 5.39. The summed E-state index contributed by atoms with van der Waals surface area (Å²) in [6, 6.07) is 1.76. The predicted octanol–water partition coefficient (Wildman–Crippen LogP) is 1.03. The molecule has 1 heterocycles. The van der Waals surface area contributed by atoms with Gasteiger partial charge in [-0.25, -0.2) is 4.98 Å². The van der Waals surface area contributed by atoms with Crippen molar-refractivity contribution >= 4 is 5.82 Å². The van der Waals surface area contributed by atoms with Gasteiger partial charge >= 0.3 is 0 Å². The van der Waals surface area contributed by atoms with E-state index in [1.165, 1.54) is 18.4 Å². The number of aliphatic hydroxyl groups is 1. The van der Waals surface area contributed by atoms with Crippen molar-refractivity contribution in [3.8, 4) is 0 Å². The van der Waals surface area contributed by atoms with Gasteiger partial charge in [-0.2, -0.15) is 0 Å². The van der Waals surface area contributed by atoms with Crippen molar-refractivity contribution in [3.63, 3.8) is 0 Å². The molecule has 1 aromatic rings. The van der Waals surface area contributed by atoms with E-state index in [2.05, 4.69) is 4.98 Å². The van der Waals surface area contributed by atoms with Crippen LogP contribution in [0.5, 0.6) is 0 Å². The average Bonchev–Trinajstić information content (AvgIpc) is 2.87. The van der Waals surface area contributed by atoms with Crippen LogP contribution in [-0.4, -0.2) is 10.1 Å². The first-order valence-corrected chi connectivity index (χ1v) is 4.16. The van der Waals surface area contributed by atoms with Gasteiger partial charge < -0.3 is 10.8 Å². The summed E-state index contributed by atoms with van der Waals surface area (Å²) in [5.41, 5.74) is 7.61. The van der Waals surface area contributed by atoms with E-state index in [1.807, 2.05) is 0 Å². The highest BCUT2D eigenvalue weighted by Crippen LogP contribution is 2.41.